The molecule has 2 aromatic carbocycles. The van der Waals surface area contributed by atoms with Crippen molar-refractivity contribution in [2.75, 3.05) is 12.8 Å². The predicted molar refractivity (Wildman–Crippen MR) is 85.1 cm³/mol. The fourth-order valence-corrected chi connectivity index (χ4v) is 2.71. The van der Waals surface area contributed by atoms with Crippen LogP contribution >= 0.6 is 23.4 Å². The van der Waals surface area contributed by atoms with E-state index in [0.717, 1.165) is 10.5 Å². The number of rotatable bonds is 5. The summed E-state index contributed by atoms with van der Waals surface area (Å²) < 4.78 is 0. The summed E-state index contributed by atoms with van der Waals surface area (Å²) >= 11 is 7.40. The smallest absolute Gasteiger partial charge is 0.232 e. The van der Waals surface area contributed by atoms with Crippen molar-refractivity contribution in [3.8, 4) is 0 Å². The van der Waals surface area contributed by atoms with E-state index >= 15 is 0 Å². The minimum absolute atomic E-state index is 0.119. The highest BCUT2D eigenvalue weighted by Gasteiger charge is 2.09. The molecule has 0 spiro atoms. The molecule has 104 valence electrons. The monoisotopic (exact) mass is 305 g/mol. The van der Waals surface area contributed by atoms with E-state index in [2.05, 4.69) is 0 Å². The van der Waals surface area contributed by atoms with E-state index < -0.39 is 0 Å². The van der Waals surface area contributed by atoms with Crippen LogP contribution in [0.5, 0.6) is 0 Å². The van der Waals surface area contributed by atoms with Gasteiger partial charge >= 0.3 is 0 Å². The topological polar surface area (TPSA) is 20.3 Å². The summed E-state index contributed by atoms with van der Waals surface area (Å²) in [6.07, 6.45) is 0. The first kappa shape index (κ1) is 14.9. The van der Waals surface area contributed by atoms with Crippen molar-refractivity contribution in [3.63, 3.8) is 0 Å². The lowest BCUT2D eigenvalue weighted by atomic mass is 10.2. The van der Waals surface area contributed by atoms with Gasteiger partial charge in [-0.2, -0.15) is 0 Å². The van der Waals surface area contributed by atoms with E-state index in [9.17, 15) is 4.79 Å². The van der Waals surface area contributed by atoms with E-state index in [4.69, 9.17) is 11.6 Å². The first-order valence-corrected chi connectivity index (χ1v) is 7.68. The summed E-state index contributed by atoms with van der Waals surface area (Å²) in [6.45, 7) is 0.603. The summed E-state index contributed by atoms with van der Waals surface area (Å²) in [5.74, 6) is 0.572. The van der Waals surface area contributed by atoms with Crippen molar-refractivity contribution < 1.29 is 4.79 Å². The molecule has 0 radical (unpaired) electrons. The Morgan fingerprint density at radius 1 is 1.10 bits per heavy atom. The average molecular weight is 306 g/mol. The quantitative estimate of drug-likeness (QED) is 0.775. The van der Waals surface area contributed by atoms with Crippen molar-refractivity contribution in [1.82, 2.24) is 4.90 Å². The molecular formula is C16H16ClNOS. The van der Waals surface area contributed by atoms with Gasteiger partial charge in [-0.3, -0.25) is 4.79 Å². The van der Waals surface area contributed by atoms with Gasteiger partial charge in [0.1, 0.15) is 0 Å². The van der Waals surface area contributed by atoms with E-state index in [1.807, 2.05) is 61.6 Å². The number of hydrogen-bond acceptors (Lipinski definition) is 2. The molecular weight excluding hydrogens is 290 g/mol. The fourth-order valence-electron chi connectivity index (χ4n) is 1.72. The van der Waals surface area contributed by atoms with Crippen LogP contribution in [0.3, 0.4) is 0 Å². The van der Waals surface area contributed by atoms with E-state index in [1.54, 1.807) is 16.7 Å². The molecule has 2 nitrogen and oxygen atoms in total. The van der Waals surface area contributed by atoms with Gasteiger partial charge in [0.2, 0.25) is 5.91 Å². The molecule has 0 bridgehead atoms. The Hall–Kier alpha value is -1.45. The number of amides is 1. The van der Waals surface area contributed by atoms with Gasteiger partial charge in [0, 0.05) is 23.5 Å². The van der Waals surface area contributed by atoms with Gasteiger partial charge < -0.3 is 4.90 Å². The van der Waals surface area contributed by atoms with Gasteiger partial charge in [-0.25, -0.2) is 0 Å². The predicted octanol–water partition coefficient (Wildman–Crippen LogP) is 4.09. The van der Waals surface area contributed by atoms with Crippen molar-refractivity contribution in [1.29, 1.82) is 0 Å². The lowest BCUT2D eigenvalue weighted by Gasteiger charge is -2.17. The molecule has 0 saturated heterocycles. The maximum absolute atomic E-state index is 12.1. The van der Waals surface area contributed by atoms with Crippen molar-refractivity contribution in [3.05, 3.63) is 65.2 Å². The molecule has 4 heteroatoms. The summed E-state index contributed by atoms with van der Waals surface area (Å²) in [5, 5.41) is 0.711. The Balaban J connectivity index is 1.84. The van der Waals surface area contributed by atoms with Crippen molar-refractivity contribution in [2.45, 2.75) is 11.4 Å². The van der Waals surface area contributed by atoms with Gasteiger partial charge in [0.05, 0.1) is 5.75 Å². The Kier molecular flexibility index (Phi) is 5.50. The summed E-state index contributed by atoms with van der Waals surface area (Å²) in [6, 6.07) is 17.5. The molecule has 0 aliphatic carbocycles. The normalized spacial score (nSPS) is 10.3. The first-order chi connectivity index (χ1) is 9.65. The number of thioether (sulfide) groups is 1. The van der Waals surface area contributed by atoms with Crippen LogP contribution in [0, 0.1) is 0 Å². The number of halogens is 1. The van der Waals surface area contributed by atoms with Crippen molar-refractivity contribution >= 4 is 29.3 Å². The summed E-state index contributed by atoms with van der Waals surface area (Å²) in [4.78, 5) is 14.9. The molecule has 1 amide bonds. The second-order valence-corrected chi connectivity index (χ2v) is 5.96. The highest BCUT2D eigenvalue weighted by Crippen LogP contribution is 2.18. The zero-order valence-electron chi connectivity index (χ0n) is 11.3. The molecule has 0 aliphatic rings. The Bertz CT molecular complexity index is 556. The van der Waals surface area contributed by atoms with Gasteiger partial charge in [-0.1, -0.05) is 41.9 Å². The van der Waals surface area contributed by atoms with Crippen LogP contribution in [0.25, 0.3) is 0 Å². The number of benzene rings is 2. The Morgan fingerprint density at radius 2 is 1.75 bits per heavy atom. The number of carbonyl (C=O) groups excluding carboxylic acids is 1. The third-order valence-corrected chi connectivity index (χ3v) is 4.11. The van der Waals surface area contributed by atoms with Gasteiger partial charge in [-0.05, 0) is 29.8 Å². The van der Waals surface area contributed by atoms with Crippen LogP contribution in [0.1, 0.15) is 5.56 Å². The van der Waals surface area contributed by atoms with Crippen LogP contribution in [0.2, 0.25) is 5.02 Å². The molecule has 0 fully saturated rings. The van der Waals surface area contributed by atoms with E-state index in [-0.39, 0.29) is 5.91 Å². The minimum Gasteiger partial charge on any atom is -0.341 e. The molecule has 0 saturated carbocycles. The average Bonchev–Trinajstić information content (AvgIpc) is 2.48. The number of nitrogens with zero attached hydrogens (tertiary/aromatic N) is 1. The molecule has 0 unspecified atom stereocenters. The summed E-state index contributed by atoms with van der Waals surface area (Å²) in [7, 11) is 1.82. The van der Waals surface area contributed by atoms with Crippen LogP contribution in [0.4, 0.5) is 0 Å². The summed E-state index contributed by atoms with van der Waals surface area (Å²) in [5.41, 5.74) is 1.08. The van der Waals surface area contributed by atoms with E-state index in [0.29, 0.717) is 17.3 Å². The standard InChI is InChI=1S/C16H16ClNOS/c1-18(11-13-7-9-14(17)10-8-13)16(19)12-20-15-5-3-2-4-6-15/h2-10H,11-12H2,1H3. The van der Waals surface area contributed by atoms with Crippen LogP contribution in [0.15, 0.2) is 59.5 Å². The highest BCUT2D eigenvalue weighted by atomic mass is 35.5. The second-order valence-electron chi connectivity index (χ2n) is 4.48. The van der Waals surface area contributed by atoms with Gasteiger partial charge in [0.25, 0.3) is 0 Å². The van der Waals surface area contributed by atoms with Crippen LogP contribution < -0.4 is 0 Å². The van der Waals surface area contributed by atoms with Crippen molar-refractivity contribution in [2.24, 2.45) is 0 Å². The molecule has 2 rings (SSSR count). The maximum Gasteiger partial charge on any atom is 0.232 e. The largest absolute Gasteiger partial charge is 0.341 e. The Labute approximate surface area is 128 Å². The lowest BCUT2D eigenvalue weighted by Crippen LogP contribution is -2.27. The molecule has 0 heterocycles. The molecule has 0 atom stereocenters. The molecule has 0 aromatic heterocycles. The lowest BCUT2D eigenvalue weighted by molar-refractivity contribution is -0.127. The van der Waals surface area contributed by atoms with Crippen LogP contribution in [-0.4, -0.2) is 23.6 Å². The minimum atomic E-state index is 0.119. The number of hydrogen-bond donors (Lipinski definition) is 0. The first-order valence-electron chi connectivity index (χ1n) is 6.31. The van der Waals surface area contributed by atoms with E-state index in [1.165, 1.54) is 0 Å². The molecule has 0 aliphatic heterocycles. The zero-order chi connectivity index (χ0) is 14.4. The van der Waals surface area contributed by atoms with Gasteiger partial charge in [-0.15, -0.1) is 11.8 Å². The third-order valence-electron chi connectivity index (χ3n) is 2.86. The van der Waals surface area contributed by atoms with Crippen LogP contribution in [-0.2, 0) is 11.3 Å². The van der Waals surface area contributed by atoms with Gasteiger partial charge in [0.15, 0.2) is 0 Å². The highest BCUT2D eigenvalue weighted by molar-refractivity contribution is 8.00. The number of carbonyl (C=O) groups is 1. The SMILES string of the molecule is CN(Cc1ccc(Cl)cc1)C(=O)CSc1ccccc1. The zero-order valence-corrected chi connectivity index (χ0v) is 12.8. The molecule has 2 aromatic rings. The molecule has 0 N–H and O–H groups in total. The third kappa shape index (κ3) is 4.58. The molecule has 20 heavy (non-hydrogen) atoms. The fraction of sp³-hybridized carbons (Fsp3) is 0.188. The second kappa shape index (κ2) is 7.36. The Morgan fingerprint density at radius 3 is 2.40 bits per heavy atom. The maximum atomic E-state index is 12.1.